The van der Waals surface area contributed by atoms with E-state index in [1.165, 1.54) is 18.9 Å². The van der Waals surface area contributed by atoms with Crippen LogP contribution in [0.4, 0.5) is 5.69 Å². The molecule has 0 spiro atoms. The van der Waals surface area contributed by atoms with Crippen molar-refractivity contribution in [3.05, 3.63) is 53.9 Å². The summed E-state index contributed by atoms with van der Waals surface area (Å²) in [6.07, 6.45) is 3.38. The van der Waals surface area contributed by atoms with Crippen LogP contribution < -0.4 is 5.32 Å². The molecule has 0 unspecified atom stereocenters. The fraction of sp³-hybridized carbons (Fsp3) is 0.211. The quantitative estimate of drug-likeness (QED) is 0.504. The van der Waals surface area contributed by atoms with Gasteiger partial charge in [0.25, 0.3) is 0 Å². The second-order valence-corrected chi connectivity index (χ2v) is 6.90. The molecule has 0 aliphatic rings. The van der Waals surface area contributed by atoms with Crippen molar-refractivity contribution < 1.29 is 14.3 Å². The van der Waals surface area contributed by atoms with Crippen molar-refractivity contribution in [1.82, 2.24) is 19.7 Å². The van der Waals surface area contributed by atoms with Crippen LogP contribution in [0.1, 0.15) is 15.9 Å². The molecule has 0 radical (unpaired) electrons. The molecule has 1 N–H and O–H groups in total. The van der Waals surface area contributed by atoms with Crippen LogP contribution in [0, 0.1) is 6.92 Å². The topological polar surface area (TPSA) is 99.0 Å². The maximum atomic E-state index is 12.4. The number of carbonyl (C=O) groups is 2. The van der Waals surface area contributed by atoms with Crippen molar-refractivity contribution in [3.63, 3.8) is 0 Å². The molecule has 0 bridgehead atoms. The lowest BCUT2D eigenvalue weighted by atomic mass is 10.1. The second-order valence-electron chi connectivity index (χ2n) is 5.96. The van der Waals surface area contributed by atoms with E-state index in [2.05, 4.69) is 20.5 Å². The highest BCUT2D eigenvalue weighted by molar-refractivity contribution is 7.99. The zero-order valence-electron chi connectivity index (χ0n) is 15.7. The molecular weight excluding hydrogens is 378 g/mol. The monoisotopic (exact) mass is 397 g/mol. The third-order valence-electron chi connectivity index (χ3n) is 4.04. The molecule has 3 aromatic rings. The van der Waals surface area contributed by atoms with Gasteiger partial charge in [-0.3, -0.25) is 9.78 Å². The van der Waals surface area contributed by atoms with E-state index in [-0.39, 0.29) is 11.7 Å². The summed E-state index contributed by atoms with van der Waals surface area (Å²) in [7, 11) is 3.16. The van der Waals surface area contributed by atoms with Crippen molar-refractivity contribution in [1.29, 1.82) is 0 Å². The Morgan fingerprint density at radius 3 is 2.64 bits per heavy atom. The summed E-state index contributed by atoms with van der Waals surface area (Å²) in [5.74, 6) is 0.201. The van der Waals surface area contributed by atoms with Crippen LogP contribution in [0.5, 0.6) is 0 Å². The lowest BCUT2D eigenvalue weighted by Gasteiger charge is -2.10. The number of ether oxygens (including phenoxy) is 1. The molecule has 28 heavy (non-hydrogen) atoms. The number of carbonyl (C=O) groups excluding carboxylic acids is 2. The first kappa shape index (κ1) is 19.6. The molecule has 1 amide bonds. The Morgan fingerprint density at radius 2 is 1.93 bits per heavy atom. The minimum Gasteiger partial charge on any atom is -0.465 e. The maximum Gasteiger partial charge on any atom is 0.337 e. The van der Waals surface area contributed by atoms with Crippen molar-refractivity contribution in [3.8, 4) is 11.4 Å². The first-order chi connectivity index (χ1) is 13.5. The third-order valence-corrected chi connectivity index (χ3v) is 5.06. The van der Waals surface area contributed by atoms with Crippen molar-refractivity contribution >= 4 is 29.3 Å². The molecule has 0 atom stereocenters. The van der Waals surface area contributed by atoms with E-state index in [4.69, 9.17) is 4.74 Å². The molecule has 0 saturated carbocycles. The molecule has 8 nitrogen and oxygen atoms in total. The molecule has 2 heterocycles. The number of pyridine rings is 1. The highest BCUT2D eigenvalue weighted by Gasteiger charge is 2.14. The highest BCUT2D eigenvalue weighted by atomic mass is 32.2. The van der Waals surface area contributed by atoms with Gasteiger partial charge in [-0.05, 0) is 36.8 Å². The van der Waals surface area contributed by atoms with Gasteiger partial charge in [0.05, 0.1) is 18.4 Å². The summed E-state index contributed by atoms with van der Waals surface area (Å²) < 4.78 is 6.55. The molecular formula is C19H19N5O3S. The Kier molecular flexibility index (Phi) is 6.05. The number of aryl methyl sites for hydroxylation is 1. The first-order valence-corrected chi connectivity index (χ1v) is 9.39. The number of hydrogen-bond acceptors (Lipinski definition) is 7. The fourth-order valence-corrected chi connectivity index (χ4v) is 3.22. The molecule has 3 rings (SSSR count). The summed E-state index contributed by atoms with van der Waals surface area (Å²) in [6, 6.07) is 8.72. The van der Waals surface area contributed by atoms with Gasteiger partial charge in [-0.15, -0.1) is 10.2 Å². The number of nitrogens with zero attached hydrogens (tertiary/aromatic N) is 4. The number of amides is 1. The summed E-state index contributed by atoms with van der Waals surface area (Å²) in [5.41, 5.74) is 2.71. The molecule has 144 valence electrons. The van der Waals surface area contributed by atoms with Crippen LogP contribution in [0.15, 0.2) is 47.9 Å². The molecule has 1 aromatic carbocycles. The molecule has 0 aliphatic heterocycles. The van der Waals surface area contributed by atoms with Gasteiger partial charge in [-0.2, -0.15) is 0 Å². The van der Waals surface area contributed by atoms with Gasteiger partial charge in [-0.1, -0.05) is 17.8 Å². The lowest BCUT2D eigenvalue weighted by Crippen LogP contribution is -2.16. The largest absolute Gasteiger partial charge is 0.465 e. The number of thioether (sulfide) groups is 1. The predicted octanol–water partition coefficient (Wildman–Crippen LogP) is 2.70. The summed E-state index contributed by atoms with van der Waals surface area (Å²) in [4.78, 5) is 28.0. The van der Waals surface area contributed by atoms with E-state index < -0.39 is 5.97 Å². The zero-order chi connectivity index (χ0) is 20.1. The minimum absolute atomic E-state index is 0.157. The van der Waals surface area contributed by atoms with Crippen molar-refractivity contribution in [2.75, 3.05) is 18.2 Å². The Labute approximate surface area is 166 Å². The van der Waals surface area contributed by atoms with Crippen LogP contribution in [0.3, 0.4) is 0 Å². The molecule has 0 aliphatic carbocycles. The Bertz CT molecular complexity index is 1000. The first-order valence-electron chi connectivity index (χ1n) is 8.41. The van der Waals surface area contributed by atoms with E-state index in [1.54, 1.807) is 30.6 Å². The standard InChI is InChI=1S/C19H19N5O3S/c1-12-4-5-14(18(26)27-3)10-15(12)21-16(25)11-28-19-23-22-17(24(19)2)13-6-8-20-9-7-13/h4-10H,11H2,1-3H3,(H,21,25). The zero-order valence-corrected chi connectivity index (χ0v) is 16.5. The van der Waals surface area contributed by atoms with Gasteiger partial charge in [-0.25, -0.2) is 4.79 Å². The number of nitrogens with one attached hydrogen (secondary N) is 1. The highest BCUT2D eigenvalue weighted by Crippen LogP contribution is 2.23. The second kappa shape index (κ2) is 8.66. The van der Waals surface area contributed by atoms with Crippen LogP contribution in [-0.2, 0) is 16.6 Å². The number of anilines is 1. The van der Waals surface area contributed by atoms with Gasteiger partial charge in [0.2, 0.25) is 5.91 Å². The van der Waals surface area contributed by atoms with E-state index in [1.807, 2.05) is 30.7 Å². The summed E-state index contributed by atoms with van der Waals surface area (Å²) in [6.45, 7) is 1.85. The lowest BCUT2D eigenvalue weighted by molar-refractivity contribution is -0.113. The number of hydrogen-bond donors (Lipinski definition) is 1. The minimum atomic E-state index is -0.451. The number of esters is 1. The van der Waals surface area contributed by atoms with Crippen LogP contribution in [-0.4, -0.2) is 44.5 Å². The third kappa shape index (κ3) is 4.37. The predicted molar refractivity (Wildman–Crippen MR) is 106 cm³/mol. The van der Waals surface area contributed by atoms with Crippen molar-refractivity contribution in [2.45, 2.75) is 12.1 Å². The number of methoxy groups -OCH3 is 1. The summed E-state index contributed by atoms with van der Waals surface area (Å²) >= 11 is 1.28. The van der Waals surface area contributed by atoms with E-state index in [0.717, 1.165) is 11.1 Å². The molecule has 9 heteroatoms. The maximum absolute atomic E-state index is 12.4. The molecule has 0 saturated heterocycles. The fourth-order valence-electron chi connectivity index (χ4n) is 2.51. The average molecular weight is 397 g/mol. The van der Waals surface area contributed by atoms with Gasteiger partial charge in [0.1, 0.15) is 0 Å². The number of aromatic nitrogens is 4. The number of rotatable bonds is 6. The van der Waals surface area contributed by atoms with Crippen LogP contribution in [0.25, 0.3) is 11.4 Å². The molecule has 0 fully saturated rings. The Morgan fingerprint density at radius 1 is 1.18 bits per heavy atom. The Hall–Kier alpha value is -3.20. The Balaban J connectivity index is 1.66. The number of benzene rings is 1. The average Bonchev–Trinajstić information content (AvgIpc) is 3.08. The molecule has 2 aromatic heterocycles. The van der Waals surface area contributed by atoms with E-state index in [0.29, 0.717) is 22.2 Å². The van der Waals surface area contributed by atoms with Crippen molar-refractivity contribution in [2.24, 2.45) is 7.05 Å². The smallest absolute Gasteiger partial charge is 0.337 e. The SMILES string of the molecule is COC(=O)c1ccc(C)c(NC(=O)CSc2nnc(-c3ccncc3)n2C)c1. The summed E-state index contributed by atoms with van der Waals surface area (Å²) in [5, 5.41) is 11.8. The van der Waals surface area contributed by atoms with Crippen LogP contribution >= 0.6 is 11.8 Å². The van der Waals surface area contributed by atoms with Gasteiger partial charge >= 0.3 is 5.97 Å². The van der Waals surface area contributed by atoms with E-state index >= 15 is 0 Å². The van der Waals surface area contributed by atoms with E-state index in [9.17, 15) is 9.59 Å². The van der Waals surface area contributed by atoms with Gasteiger partial charge in [0, 0.05) is 30.7 Å². The van der Waals surface area contributed by atoms with Gasteiger partial charge in [0.15, 0.2) is 11.0 Å². The van der Waals surface area contributed by atoms with Crippen LogP contribution in [0.2, 0.25) is 0 Å². The van der Waals surface area contributed by atoms with Gasteiger partial charge < -0.3 is 14.6 Å². The normalized spacial score (nSPS) is 10.5.